The van der Waals surface area contributed by atoms with Crippen LogP contribution >= 0.6 is 0 Å². The van der Waals surface area contributed by atoms with E-state index in [4.69, 9.17) is 18.6 Å². The minimum absolute atomic E-state index is 0.0930. The molecule has 8 nitrogen and oxygen atoms in total. The van der Waals surface area contributed by atoms with Gasteiger partial charge in [0.25, 0.3) is 0 Å². The van der Waals surface area contributed by atoms with Crippen molar-refractivity contribution < 1.29 is 28.2 Å². The van der Waals surface area contributed by atoms with E-state index >= 15 is 0 Å². The molecular formula is C31H44N2O6Si. The first-order valence-corrected chi connectivity index (χ1v) is 17.1. The zero-order valence-electron chi connectivity index (χ0n) is 24.5. The van der Waals surface area contributed by atoms with E-state index in [0.29, 0.717) is 45.9 Å². The van der Waals surface area contributed by atoms with E-state index in [1.165, 1.54) is 4.90 Å². The summed E-state index contributed by atoms with van der Waals surface area (Å²) < 4.78 is 24.0. The molecule has 2 aliphatic rings. The molecule has 0 aliphatic carbocycles. The van der Waals surface area contributed by atoms with Gasteiger partial charge in [-0.15, -0.1) is 0 Å². The van der Waals surface area contributed by atoms with E-state index in [1.54, 1.807) is 0 Å². The Balaban J connectivity index is 1.40. The van der Waals surface area contributed by atoms with Crippen LogP contribution in [0.4, 0.5) is 4.79 Å². The molecule has 2 amide bonds. The first kappa shape index (κ1) is 30.2. The second kappa shape index (κ2) is 13.3. The van der Waals surface area contributed by atoms with Crippen LogP contribution in [0.25, 0.3) is 0 Å². The number of rotatable bonds is 9. The zero-order valence-corrected chi connectivity index (χ0v) is 25.5. The van der Waals surface area contributed by atoms with Crippen molar-refractivity contribution in [1.82, 2.24) is 9.80 Å². The lowest BCUT2D eigenvalue weighted by molar-refractivity contribution is -0.143. The van der Waals surface area contributed by atoms with Gasteiger partial charge in [-0.25, -0.2) is 4.79 Å². The molecule has 4 rings (SSSR count). The summed E-state index contributed by atoms with van der Waals surface area (Å²) >= 11 is 0. The third kappa shape index (κ3) is 7.72. The summed E-state index contributed by atoms with van der Waals surface area (Å²) in [5, 5.41) is 0.118. The number of benzene rings is 2. The highest BCUT2D eigenvalue weighted by Crippen LogP contribution is 2.36. The van der Waals surface area contributed by atoms with Crippen molar-refractivity contribution in [3.8, 4) is 0 Å². The van der Waals surface area contributed by atoms with Crippen LogP contribution in [0.2, 0.25) is 18.1 Å². The van der Waals surface area contributed by atoms with Crippen LogP contribution < -0.4 is 0 Å². The van der Waals surface area contributed by atoms with E-state index in [1.807, 2.05) is 65.6 Å². The van der Waals surface area contributed by atoms with Gasteiger partial charge in [-0.2, -0.15) is 0 Å². The second-order valence-electron chi connectivity index (χ2n) is 12.1. The lowest BCUT2D eigenvalue weighted by Crippen LogP contribution is -2.51. The average molecular weight is 569 g/mol. The Kier molecular flexibility index (Phi) is 10.0. The largest absolute Gasteiger partial charge is 0.445 e. The Morgan fingerprint density at radius 1 is 0.975 bits per heavy atom. The predicted molar refractivity (Wildman–Crippen MR) is 156 cm³/mol. The van der Waals surface area contributed by atoms with E-state index in [9.17, 15) is 9.59 Å². The van der Waals surface area contributed by atoms with Crippen molar-refractivity contribution in [1.29, 1.82) is 0 Å². The summed E-state index contributed by atoms with van der Waals surface area (Å²) in [7, 11) is -1.88. The standard InChI is InChI=1S/C31H44N2O6Si/c1-31(2,3)40(4,5)39-19-18-36-26-20-27(33(21-26)30(35)38-23-24-12-8-6-9-13-24)29(34)32-16-17-37-28(22-32)25-14-10-7-11-15-25/h6-15,26-28H,16-23H2,1-5H3/t26-,27-,28-/m0/s1. The molecule has 0 N–H and O–H groups in total. The molecule has 0 radical (unpaired) electrons. The normalized spacial score (nSPS) is 21.9. The summed E-state index contributed by atoms with van der Waals surface area (Å²) in [6.45, 7) is 13.8. The van der Waals surface area contributed by atoms with Crippen molar-refractivity contribution in [2.75, 3.05) is 39.5 Å². The molecule has 0 spiro atoms. The van der Waals surface area contributed by atoms with Gasteiger partial charge < -0.3 is 23.5 Å². The molecular weight excluding hydrogens is 524 g/mol. The lowest BCUT2D eigenvalue weighted by Gasteiger charge is -2.36. The number of carbonyl (C=O) groups is 2. The number of likely N-dealkylation sites (tertiary alicyclic amines) is 1. The van der Waals surface area contributed by atoms with E-state index < -0.39 is 20.5 Å². The molecule has 0 saturated carbocycles. The van der Waals surface area contributed by atoms with E-state index in [2.05, 4.69) is 33.9 Å². The number of hydrogen-bond acceptors (Lipinski definition) is 6. The van der Waals surface area contributed by atoms with Crippen molar-refractivity contribution in [3.63, 3.8) is 0 Å². The molecule has 2 aliphatic heterocycles. The van der Waals surface area contributed by atoms with E-state index in [-0.39, 0.29) is 29.8 Å². The van der Waals surface area contributed by atoms with Gasteiger partial charge in [0.05, 0.1) is 39.0 Å². The fourth-order valence-corrected chi connectivity index (χ4v) is 5.84. The summed E-state index contributed by atoms with van der Waals surface area (Å²) in [5.74, 6) is -0.0930. The van der Waals surface area contributed by atoms with Crippen molar-refractivity contribution in [3.05, 3.63) is 71.8 Å². The Labute approximate surface area is 239 Å². The molecule has 0 bridgehead atoms. The maximum atomic E-state index is 13.8. The van der Waals surface area contributed by atoms with Crippen molar-refractivity contribution >= 4 is 20.3 Å². The van der Waals surface area contributed by atoms with Crippen LogP contribution in [-0.2, 0) is 30.0 Å². The Morgan fingerprint density at radius 2 is 1.65 bits per heavy atom. The molecule has 40 heavy (non-hydrogen) atoms. The first-order valence-electron chi connectivity index (χ1n) is 14.2. The van der Waals surface area contributed by atoms with Crippen molar-refractivity contribution in [2.24, 2.45) is 0 Å². The SMILES string of the molecule is CC(C)(C)[Si](C)(C)OCCO[C@H]1C[C@@H](C(=O)N2CCO[C@H](c3ccccc3)C2)N(C(=O)OCc2ccccc2)C1. The van der Waals surface area contributed by atoms with Gasteiger partial charge in [0.2, 0.25) is 5.91 Å². The van der Waals surface area contributed by atoms with Gasteiger partial charge in [-0.1, -0.05) is 81.4 Å². The second-order valence-corrected chi connectivity index (χ2v) is 16.9. The van der Waals surface area contributed by atoms with Gasteiger partial charge in [-0.05, 0) is 29.3 Å². The summed E-state index contributed by atoms with van der Waals surface area (Å²) in [4.78, 5) is 30.4. The Hall–Kier alpha value is -2.72. The third-order valence-corrected chi connectivity index (χ3v) is 12.8. The molecule has 2 saturated heterocycles. The molecule has 0 unspecified atom stereocenters. The predicted octanol–water partition coefficient (Wildman–Crippen LogP) is 5.40. The van der Waals surface area contributed by atoms with E-state index in [0.717, 1.165) is 11.1 Å². The highest BCUT2D eigenvalue weighted by molar-refractivity contribution is 6.74. The molecule has 2 aromatic rings. The smallest absolute Gasteiger partial charge is 0.410 e. The molecule has 2 heterocycles. The number of carbonyl (C=O) groups excluding carboxylic acids is 2. The van der Waals surface area contributed by atoms with Crippen LogP contribution in [0.1, 0.15) is 44.4 Å². The summed E-state index contributed by atoms with van der Waals surface area (Å²) in [5.41, 5.74) is 1.93. The molecule has 2 aromatic carbocycles. The third-order valence-electron chi connectivity index (χ3n) is 8.24. The lowest BCUT2D eigenvalue weighted by atomic mass is 10.1. The van der Waals surface area contributed by atoms with Crippen LogP contribution in [0.5, 0.6) is 0 Å². The van der Waals surface area contributed by atoms with Crippen LogP contribution in [0.3, 0.4) is 0 Å². The summed E-state index contributed by atoms with van der Waals surface area (Å²) in [6.07, 6.45) is -0.545. The quantitative estimate of drug-likeness (QED) is 0.298. The Bertz CT molecular complexity index is 1110. The highest BCUT2D eigenvalue weighted by Gasteiger charge is 2.44. The van der Waals surface area contributed by atoms with Gasteiger partial charge >= 0.3 is 6.09 Å². The maximum absolute atomic E-state index is 13.8. The fraction of sp³-hybridized carbons (Fsp3) is 0.548. The van der Waals surface area contributed by atoms with Crippen LogP contribution in [0, 0.1) is 0 Å². The van der Waals surface area contributed by atoms with Gasteiger partial charge in [0.1, 0.15) is 18.8 Å². The van der Waals surface area contributed by atoms with Gasteiger partial charge in [0, 0.05) is 13.0 Å². The maximum Gasteiger partial charge on any atom is 0.410 e. The molecule has 9 heteroatoms. The fourth-order valence-electron chi connectivity index (χ4n) is 4.81. The number of amides is 2. The number of hydrogen-bond donors (Lipinski definition) is 0. The molecule has 0 aromatic heterocycles. The number of ether oxygens (including phenoxy) is 3. The molecule has 3 atom stereocenters. The minimum Gasteiger partial charge on any atom is -0.445 e. The first-order chi connectivity index (χ1) is 19.0. The highest BCUT2D eigenvalue weighted by atomic mass is 28.4. The van der Waals surface area contributed by atoms with Gasteiger partial charge in [0.15, 0.2) is 8.32 Å². The van der Waals surface area contributed by atoms with Crippen LogP contribution in [-0.4, -0.2) is 81.7 Å². The minimum atomic E-state index is -1.88. The molecule has 218 valence electrons. The van der Waals surface area contributed by atoms with Gasteiger partial charge in [-0.3, -0.25) is 9.69 Å². The summed E-state index contributed by atoms with van der Waals surface area (Å²) in [6, 6.07) is 18.8. The topological polar surface area (TPSA) is 77.5 Å². The zero-order chi connectivity index (χ0) is 28.8. The molecule has 2 fully saturated rings. The average Bonchev–Trinajstić information content (AvgIpc) is 3.38. The number of morpholine rings is 1. The van der Waals surface area contributed by atoms with Crippen molar-refractivity contribution in [2.45, 2.75) is 70.2 Å². The number of nitrogens with zero attached hydrogens (tertiary/aromatic N) is 2. The Morgan fingerprint density at radius 3 is 2.33 bits per heavy atom. The van der Waals surface area contributed by atoms with Crippen LogP contribution in [0.15, 0.2) is 60.7 Å². The monoisotopic (exact) mass is 568 g/mol.